The van der Waals surface area contributed by atoms with Gasteiger partial charge in [-0.1, -0.05) is 24.3 Å². The molecule has 0 saturated carbocycles. The Morgan fingerprint density at radius 1 is 1.53 bits per heavy atom. The van der Waals surface area contributed by atoms with Gasteiger partial charge in [-0.25, -0.2) is 0 Å². The molecule has 1 aliphatic heterocycles. The van der Waals surface area contributed by atoms with Gasteiger partial charge in [-0.15, -0.1) is 0 Å². The van der Waals surface area contributed by atoms with Crippen molar-refractivity contribution in [3.05, 3.63) is 35.4 Å². The molecule has 15 heavy (non-hydrogen) atoms. The maximum Gasteiger partial charge on any atom is 0.317 e. The van der Waals surface area contributed by atoms with Gasteiger partial charge in [-0.05, 0) is 17.5 Å². The predicted molar refractivity (Wildman–Crippen MR) is 56.5 cm³/mol. The molecular weight excluding hydrogens is 192 g/mol. The number of carbonyl (C=O) groups is 1. The Balaban J connectivity index is 2.11. The zero-order valence-electron chi connectivity index (χ0n) is 8.36. The second kappa shape index (κ2) is 4.42. The van der Waals surface area contributed by atoms with Crippen LogP contribution in [0, 0.1) is 0 Å². The third kappa shape index (κ3) is 2.34. The molecule has 2 rings (SSSR count). The third-order valence-electron chi connectivity index (χ3n) is 2.57. The number of carboxylic acid groups (broad SMARTS) is 1. The van der Waals surface area contributed by atoms with Crippen LogP contribution < -0.4 is 10.6 Å². The molecule has 3 N–H and O–H groups in total. The van der Waals surface area contributed by atoms with E-state index in [2.05, 4.69) is 16.7 Å². The van der Waals surface area contributed by atoms with E-state index < -0.39 is 5.97 Å². The number of rotatable bonds is 3. The summed E-state index contributed by atoms with van der Waals surface area (Å²) in [6, 6.07) is 8.10. The minimum atomic E-state index is -0.833. The van der Waals surface area contributed by atoms with Crippen molar-refractivity contribution >= 4 is 5.97 Å². The largest absolute Gasteiger partial charge is 0.480 e. The van der Waals surface area contributed by atoms with Crippen LogP contribution in [0.4, 0.5) is 0 Å². The van der Waals surface area contributed by atoms with Gasteiger partial charge in [-0.2, -0.15) is 0 Å². The molecule has 1 unspecified atom stereocenters. The lowest BCUT2D eigenvalue weighted by Gasteiger charge is -2.27. The van der Waals surface area contributed by atoms with Crippen LogP contribution in [0.2, 0.25) is 0 Å². The molecule has 0 fully saturated rings. The van der Waals surface area contributed by atoms with Gasteiger partial charge in [0.1, 0.15) is 0 Å². The first-order chi connectivity index (χ1) is 7.27. The minimum absolute atomic E-state index is 0.0218. The Morgan fingerprint density at radius 3 is 3.13 bits per heavy atom. The van der Waals surface area contributed by atoms with Crippen molar-refractivity contribution in [1.82, 2.24) is 10.6 Å². The lowest BCUT2D eigenvalue weighted by molar-refractivity contribution is -0.136. The van der Waals surface area contributed by atoms with Crippen molar-refractivity contribution in [3.8, 4) is 0 Å². The maximum absolute atomic E-state index is 10.5. The van der Waals surface area contributed by atoms with E-state index >= 15 is 0 Å². The van der Waals surface area contributed by atoms with Crippen LogP contribution in [0.15, 0.2) is 24.3 Å². The van der Waals surface area contributed by atoms with Gasteiger partial charge in [0.2, 0.25) is 0 Å². The molecule has 0 amide bonds. The summed E-state index contributed by atoms with van der Waals surface area (Å²) in [4.78, 5) is 10.5. The SMILES string of the molecule is O=C(O)CNC1NCCc2ccccc21. The smallest absolute Gasteiger partial charge is 0.317 e. The van der Waals surface area contributed by atoms with Crippen LogP contribution in [-0.4, -0.2) is 24.2 Å². The number of hydrogen-bond donors (Lipinski definition) is 3. The number of carboxylic acids is 1. The van der Waals surface area contributed by atoms with Crippen LogP contribution >= 0.6 is 0 Å². The van der Waals surface area contributed by atoms with Crippen LogP contribution in [0.5, 0.6) is 0 Å². The highest BCUT2D eigenvalue weighted by Gasteiger charge is 2.18. The summed E-state index contributed by atoms with van der Waals surface area (Å²) in [7, 11) is 0. The first-order valence-corrected chi connectivity index (χ1v) is 5.04. The highest BCUT2D eigenvalue weighted by Crippen LogP contribution is 2.19. The molecule has 4 nitrogen and oxygen atoms in total. The highest BCUT2D eigenvalue weighted by atomic mass is 16.4. The maximum atomic E-state index is 10.5. The van der Waals surface area contributed by atoms with Gasteiger partial charge in [0.15, 0.2) is 0 Å². The first kappa shape index (κ1) is 10.1. The van der Waals surface area contributed by atoms with Gasteiger partial charge in [0, 0.05) is 6.54 Å². The zero-order chi connectivity index (χ0) is 10.7. The van der Waals surface area contributed by atoms with Gasteiger partial charge in [0.05, 0.1) is 12.7 Å². The molecule has 80 valence electrons. The standard InChI is InChI=1S/C11H14N2O2/c14-10(15)7-13-11-9-4-2-1-3-8(9)5-6-12-11/h1-4,11-13H,5-7H2,(H,14,15). The molecule has 1 aromatic carbocycles. The van der Waals surface area contributed by atoms with Crippen molar-refractivity contribution in [2.75, 3.05) is 13.1 Å². The van der Waals surface area contributed by atoms with E-state index in [1.807, 2.05) is 18.2 Å². The number of nitrogens with one attached hydrogen (secondary N) is 2. The summed E-state index contributed by atoms with van der Waals surface area (Å²) < 4.78 is 0. The molecule has 0 spiro atoms. The molecule has 1 atom stereocenters. The normalized spacial score (nSPS) is 19.6. The highest BCUT2D eigenvalue weighted by molar-refractivity contribution is 5.69. The Morgan fingerprint density at radius 2 is 2.33 bits per heavy atom. The van der Waals surface area contributed by atoms with Gasteiger partial charge in [-0.3, -0.25) is 15.4 Å². The Hall–Kier alpha value is -1.39. The zero-order valence-corrected chi connectivity index (χ0v) is 8.36. The second-order valence-corrected chi connectivity index (χ2v) is 3.61. The minimum Gasteiger partial charge on any atom is -0.480 e. The van der Waals surface area contributed by atoms with Gasteiger partial charge in [0.25, 0.3) is 0 Å². The summed E-state index contributed by atoms with van der Waals surface area (Å²) in [6.07, 6.45) is 0.965. The quantitative estimate of drug-likeness (QED) is 0.674. The molecule has 4 heteroatoms. The summed E-state index contributed by atoms with van der Waals surface area (Å²) in [5, 5.41) is 14.8. The van der Waals surface area contributed by atoms with Crippen molar-refractivity contribution in [2.24, 2.45) is 0 Å². The second-order valence-electron chi connectivity index (χ2n) is 3.61. The molecular formula is C11H14N2O2. The fraction of sp³-hybridized carbons (Fsp3) is 0.364. The number of benzene rings is 1. The predicted octanol–water partition coefficient (Wildman–Crippen LogP) is 0.505. The van der Waals surface area contributed by atoms with E-state index in [0.29, 0.717) is 0 Å². The number of fused-ring (bicyclic) bond motifs is 1. The molecule has 1 heterocycles. The van der Waals surface area contributed by atoms with Crippen molar-refractivity contribution < 1.29 is 9.90 Å². The molecule has 0 bridgehead atoms. The van der Waals surface area contributed by atoms with Crippen molar-refractivity contribution in [3.63, 3.8) is 0 Å². The summed E-state index contributed by atoms with van der Waals surface area (Å²) in [6.45, 7) is 0.861. The van der Waals surface area contributed by atoms with Gasteiger partial charge < -0.3 is 5.11 Å². The molecule has 0 radical (unpaired) electrons. The van der Waals surface area contributed by atoms with Crippen LogP contribution in [0.25, 0.3) is 0 Å². The first-order valence-electron chi connectivity index (χ1n) is 5.04. The summed E-state index contributed by atoms with van der Waals surface area (Å²) >= 11 is 0. The monoisotopic (exact) mass is 206 g/mol. The van der Waals surface area contributed by atoms with E-state index in [4.69, 9.17) is 5.11 Å². The topological polar surface area (TPSA) is 61.4 Å². The molecule has 0 aromatic heterocycles. The van der Waals surface area contributed by atoms with Crippen LogP contribution in [0.1, 0.15) is 17.3 Å². The van der Waals surface area contributed by atoms with Crippen LogP contribution in [-0.2, 0) is 11.2 Å². The average molecular weight is 206 g/mol. The average Bonchev–Trinajstić information content (AvgIpc) is 2.26. The van der Waals surface area contributed by atoms with Gasteiger partial charge >= 0.3 is 5.97 Å². The molecule has 0 aliphatic carbocycles. The van der Waals surface area contributed by atoms with E-state index in [9.17, 15) is 4.79 Å². The van der Waals surface area contributed by atoms with E-state index in [1.165, 1.54) is 5.56 Å². The Kier molecular flexibility index (Phi) is 2.99. The Bertz CT molecular complexity index is 365. The van der Waals surface area contributed by atoms with Crippen LogP contribution in [0.3, 0.4) is 0 Å². The van der Waals surface area contributed by atoms with E-state index in [-0.39, 0.29) is 12.7 Å². The summed E-state index contributed by atoms with van der Waals surface area (Å²) in [5.74, 6) is -0.833. The molecule has 1 aliphatic rings. The summed E-state index contributed by atoms with van der Waals surface area (Å²) in [5.41, 5.74) is 2.45. The molecule has 0 saturated heterocycles. The lowest BCUT2D eigenvalue weighted by atomic mass is 9.98. The lowest BCUT2D eigenvalue weighted by Crippen LogP contribution is -2.41. The van der Waals surface area contributed by atoms with Crippen molar-refractivity contribution in [1.29, 1.82) is 0 Å². The van der Waals surface area contributed by atoms with E-state index in [1.54, 1.807) is 0 Å². The van der Waals surface area contributed by atoms with E-state index in [0.717, 1.165) is 18.5 Å². The number of aliphatic carboxylic acids is 1. The fourth-order valence-corrected chi connectivity index (χ4v) is 1.88. The Labute approximate surface area is 88.3 Å². The molecule has 1 aromatic rings. The number of hydrogen-bond acceptors (Lipinski definition) is 3. The third-order valence-corrected chi connectivity index (χ3v) is 2.57. The fourth-order valence-electron chi connectivity index (χ4n) is 1.88. The van der Waals surface area contributed by atoms with Crippen molar-refractivity contribution in [2.45, 2.75) is 12.6 Å².